The van der Waals surface area contributed by atoms with Crippen molar-refractivity contribution in [3.8, 4) is 0 Å². The molecule has 1 heterocycles. The number of nitrogens with one attached hydrogen (secondary N) is 1. The summed E-state index contributed by atoms with van der Waals surface area (Å²) in [5.41, 5.74) is 0.937. The van der Waals surface area contributed by atoms with E-state index in [2.05, 4.69) is 21.2 Å². The lowest BCUT2D eigenvalue weighted by Crippen LogP contribution is -2.49. The summed E-state index contributed by atoms with van der Waals surface area (Å²) in [6.45, 7) is 3.03. The molecule has 2 rings (SSSR count). The predicted octanol–water partition coefficient (Wildman–Crippen LogP) is 1.47. The van der Waals surface area contributed by atoms with Gasteiger partial charge in [-0.25, -0.2) is 4.79 Å². The van der Waals surface area contributed by atoms with Gasteiger partial charge in [0.1, 0.15) is 18.7 Å². The number of aliphatic hydroxyl groups is 1. The molecule has 0 aromatic heterocycles. The first-order valence-electron chi connectivity index (χ1n) is 7.94. The van der Waals surface area contributed by atoms with Crippen molar-refractivity contribution >= 4 is 33.7 Å². The monoisotopic (exact) mass is 412 g/mol. The molecule has 1 fully saturated rings. The lowest BCUT2D eigenvalue weighted by molar-refractivity contribution is -0.138. The van der Waals surface area contributed by atoms with Crippen LogP contribution in [-0.2, 0) is 20.9 Å². The Morgan fingerprint density at radius 3 is 2.52 bits per heavy atom. The quantitative estimate of drug-likeness (QED) is 0.630. The molecule has 0 radical (unpaired) electrons. The molecule has 8 heteroatoms. The van der Waals surface area contributed by atoms with Gasteiger partial charge in [0.2, 0.25) is 0 Å². The molecule has 0 unspecified atom stereocenters. The Labute approximate surface area is 154 Å². The van der Waals surface area contributed by atoms with Crippen LogP contribution < -0.4 is 5.32 Å². The third kappa shape index (κ3) is 4.65. The predicted molar refractivity (Wildman–Crippen MR) is 93.7 cm³/mol. The highest BCUT2D eigenvalue weighted by atomic mass is 79.9. The highest BCUT2D eigenvalue weighted by Gasteiger charge is 2.45. The topological polar surface area (TPSA) is 95.9 Å². The molecule has 0 spiro atoms. The maximum Gasteiger partial charge on any atom is 0.325 e. The van der Waals surface area contributed by atoms with Crippen molar-refractivity contribution in [2.75, 3.05) is 13.2 Å². The minimum Gasteiger partial charge on any atom is -0.388 e. The van der Waals surface area contributed by atoms with Gasteiger partial charge in [-0.15, -0.1) is 0 Å². The van der Waals surface area contributed by atoms with E-state index in [1.807, 2.05) is 24.3 Å². The fourth-order valence-corrected chi connectivity index (χ4v) is 2.97. The van der Waals surface area contributed by atoms with Crippen LogP contribution in [0, 0.1) is 5.92 Å². The summed E-state index contributed by atoms with van der Waals surface area (Å²) in [5.74, 6) is -1.37. The van der Waals surface area contributed by atoms with Crippen LogP contribution in [0.1, 0.15) is 19.4 Å². The van der Waals surface area contributed by atoms with Crippen LogP contribution in [0.15, 0.2) is 28.7 Å². The van der Waals surface area contributed by atoms with E-state index < -0.39 is 36.4 Å². The summed E-state index contributed by atoms with van der Waals surface area (Å²) in [5, 5.41) is 11.6. The van der Waals surface area contributed by atoms with Crippen molar-refractivity contribution in [3.63, 3.8) is 0 Å². The fraction of sp³-hybridized carbons (Fsp3) is 0.471. The van der Waals surface area contributed by atoms with Crippen molar-refractivity contribution in [1.29, 1.82) is 0 Å². The first kappa shape index (κ1) is 19.6. The zero-order chi connectivity index (χ0) is 18.6. The minimum atomic E-state index is -0.978. The largest absolute Gasteiger partial charge is 0.388 e. The molecular formula is C17H21BrN2O5. The summed E-state index contributed by atoms with van der Waals surface area (Å²) in [7, 11) is 0. The van der Waals surface area contributed by atoms with Gasteiger partial charge in [-0.3, -0.25) is 14.5 Å². The number of carbonyl (C=O) groups is 3. The van der Waals surface area contributed by atoms with Crippen LogP contribution in [0.5, 0.6) is 0 Å². The van der Waals surface area contributed by atoms with Gasteiger partial charge in [-0.05, 0) is 23.6 Å². The number of benzene rings is 1. The van der Waals surface area contributed by atoms with Crippen LogP contribution in [0.25, 0.3) is 0 Å². The summed E-state index contributed by atoms with van der Waals surface area (Å²) in [6.07, 6.45) is 0. The van der Waals surface area contributed by atoms with E-state index in [1.54, 1.807) is 13.8 Å². The van der Waals surface area contributed by atoms with Gasteiger partial charge in [0.25, 0.3) is 5.91 Å². The van der Waals surface area contributed by atoms with Gasteiger partial charge < -0.3 is 15.2 Å². The van der Waals surface area contributed by atoms with Crippen molar-refractivity contribution in [2.24, 2.45) is 5.92 Å². The zero-order valence-electron chi connectivity index (χ0n) is 14.1. The van der Waals surface area contributed by atoms with Crippen LogP contribution in [0.4, 0.5) is 4.79 Å². The van der Waals surface area contributed by atoms with Crippen LogP contribution in [-0.4, -0.2) is 53.0 Å². The third-order valence-electron chi connectivity index (χ3n) is 3.91. The Morgan fingerprint density at radius 2 is 1.96 bits per heavy atom. The number of aliphatic hydroxyl groups excluding tert-OH is 1. The number of hydrogen-bond acceptors (Lipinski definition) is 5. The first-order valence-corrected chi connectivity index (χ1v) is 8.73. The molecule has 1 aliphatic heterocycles. The van der Waals surface area contributed by atoms with E-state index in [4.69, 9.17) is 9.84 Å². The molecule has 136 valence electrons. The lowest BCUT2D eigenvalue weighted by atomic mass is 9.98. The molecule has 0 aliphatic carbocycles. The lowest BCUT2D eigenvalue weighted by Gasteiger charge is -2.26. The van der Waals surface area contributed by atoms with Crippen molar-refractivity contribution in [2.45, 2.75) is 32.5 Å². The van der Waals surface area contributed by atoms with Gasteiger partial charge in [-0.2, -0.15) is 0 Å². The Balaban J connectivity index is 1.97. The zero-order valence-corrected chi connectivity index (χ0v) is 15.7. The summed E-state index contributed by atoms with van der Waals surface area (Å²) < 4.78 is 6.48. The van der Waals surface area contributed by atoms with Crippen molar-refractivity contribution < 1.29 is 24.2 Å². The van der Waals surface area contributed by atoms with E-state index in [-0.39, 0.29) is 12.5 Å². The molecule has 1 aromatic carbocycles. The molecule has 7 nitrogen and oxygen atoms in total. The molecule has 2 atom stereocenters. The molecule has 1 saturated heterocycles. The summed E-state index contributed by atoms with van der Waals surface area (Å²) in [6, 6.07) is 5.10. The second-order valence-electron chi connectivity index (χ2n) is 6.17. The fourth-order valence-electron chi connectivity index (χ4n) is 2.71. The van der Waals surface area contributed by atoms with Gasteiger partial charge >= 0.3 is 6.03 Å². The maximum absolute atomic E-state index is 12.5. The summed E-state index contributed by atoms with van der Waals surface area (Å²) in [4.78, 5) is 37.4. The van der Waals surface area contributed by atoms with Gasteiger partial charge in [0, 0.05) is 4.47 Å². The normalized spacial score (nSPS) is 18.6. The number of carbonyl (C=O) groups excluding carboxylic acids is 3. The molecule has 2 N–H and O–H groups in total. The van der Waals surface area contributed by atoms with Crippen LogP contribution >= 0.6 is 15.9 Å². The summed E-state index contributed by atoms with van der Waals surface area (Å²) >= 11 is 3.35. The van der Waals surface area contributed by atoms with E-state index >= 15 is 0 Å². The number of rotatable bonds is 8. The van der Waals surface area contributed by atoms with Gasteiger partial charge in [0.05, 0.1) is 13.2 Å². The average molecular weight is 413 g/mol. The maximum atomic E-state index is 12.5. The number of imide groups is 1. The second kappa shape index (κ2) is 8.55. The van der Waals surface area contributed by atoms with Crippen LogP contribution in [0.2, 0.25) is 0 Å². The molecule has 0 bridgehead atoms. The van der Waals surface area contributed by atoms with Crippen molar-refractivity contribution in [3.05, 3.63) is 34.3 Å². The number of urea groups is 1. The minimum absolute atomic E-state index is 0.00919. The van der Waals surface area contributed by atoms with E-state index in [0.29, 0.717) is 6.61 Å². The number of amides is 3. The van der Waals surface area contributed by atoms with Crippen molar-refractivity contribution in [1.82, 2.24) is 10.2 Å². The second-order valence-corrected chi connectivity index (χ2v) is 7.08. The Hall–Kier alpha value is -1.77. The molecule has 1 aromatic rings. The number of halogens is 1. The molecule has 0 saturated carbocycles. The Kier molecular flexibility index (Phi) is 6.69. The number of ether oxygens (including phenoxy) is 1. The third-order valence-corrected chi connectivity index (χ3v) is 4.44. The van der Waals surface area contributed by atoms with E-state index in [0.717, 1.165) is 14.9 Å². The molecular weight excluding hydrogens is 392 g/mol. The number of hydrogen-bond donors (Lipinski definition) is 2. The Morgan fingerprint density at radius 1 is 1.32 bits per heavy atom. The Bertz CT molecular complexity index is 647. The van der Waals surface area contributed by atoms with Gasteiger partial charge in [-0.1, -0.05) is 41.9 Å². The van der Waals surface area contributed by atoms with Crippen LogP contribution in [0.3, 0.4) is 0 Å². The van der Waals surface area contributed by atoms with Gasteiger partial charge in [0.15, 0.2) is 5.78 Å². The molecule has 25 heavy (non-hydrogen) atoms. The molecule has 1 aliphatic rings. The average Bonchev–Trinajstić information content (AvgIpc) is 2.84. The number of ketones is 1. The highest BCUT2D eigenvalue weighted by molar-refractivity contribution is 9.10. The number of Topliss-reactive ketones (excluding diaryl/α,β-unsaturated/α-hetero) is 1. The smallest absolute Gasteiger partial charge is 0.325 e. The first-order chi connectivity index (χ1) is 11.8. The number of nitrogens with zero attached hydrogens (tertiary/aromatic N) is 1. The van der Waals surface area contributed by atoms with E-state index in [1.165, 1.54) is 0 Å². The van der Waals surface area contributed by atoms with E-state index in [9.17, 15) is 14.4 Å². The SMILES string of the molecule is CC(C)[C@H](C(=O)CO)N1C(=O)N[C@@H](COCc2ccc(Br)cc2)C1=O. The highest BCUT2D eigenvalue weighted by Crippen LogP contribution is 2.19. The molecule has 3 amide bonds. The standard InChI is InChI=1S/C17H21BrN2O5/c1-10(2)15(14(22)7-21)20-16(23)13(19-17(20)24)9-25-8-11-3-5-12(18)6-4-11/h3-6,10,13,15,21H,7-9H2,1-2H3,(H,19,24)/t13-,15+/m0/s1.